The van der Waals surface area contributed by atoms with Crippen LogP contribution in [0.5, 0.6) is 5.75 Å². The van der Waals surface area contributed by atoms with Gasteiger partial charge < -0.3 is 15.4 Å². The van der Waals surface area contributed by atoms with E-state index in [4.69, 9.17) is 4.74 Å². The van der Waals surface area contributed by atoms with Gasteiger partial charge >= 0.3 is 0 Å². The molecule has 0 saturated heterocycles. The summed E-state index contributed by atoms with van der Waals surface area (Å²) in [5.74, 6) is 1.11. The topological polar surface area (TPSA) is 50.4 Å². The van der Waals surface area contributed by atoms with Crippen LogP contribution in [-0.4, -0.2) is 31.6 Å². The van der Waals surface area contributed by atoms with E-state index >= 15 is 0 Å². The normalized spacial score (nSPS) is 12.2. The van der Waals surface area contributed by atoms with Crippen molar-refractivity contribution in [1.82, 2.24) is 10.6 Å². The molecule has 4 nitrogen and oxygen atoms in total. The highest BCUT2D eigenvalue weighted by molar-refractivity contribution is 5.80. The van der Waals surface area contributed by atoms with Crippen molar-refractivity contribution in [2.24, 2.45) is 0 Å². The van der Waals surface area contributed by atoms with Gasteiger partial charge in [0.1, 0.15) is 5.75 Å². The molecule has 0 fully saturated rings. The minimum Gasteiger partial charge on any atom is -0.481 e. The highest BCUT2D eigenvalue weighted by Crippen LogP contribution is 2.20. The van der Waals surface area contributed by atoms with Crippen LogP contribution in [0.3, 0.4) is 0 Å². The van der Waals surface area contributed by atoms with Gasteiger partial charge in [-0.05, 0) is 43.5 Å². The lowest BCUT2D eigenvalue weighted by atomic mass is 10.0. The maximum atomic E-state index is 11.9. The number of carbonyl (C=O) groups excluding carboxylic acids is 1. The maximum Gasteiger partial charge on any atom is 0.260 e. The molecule has 0 aliphatic heterocycles. The van der Waals surface area contributed by atoms with E-state index in [0.29, 0.717) is 12.5 Å². The van der Waals surface area contributed by atoms with Gasteiger partial charge in [0.25, 0.3) is 5.91 Å². The van der Waals surface area contributed by atoms with Gasteiger partial charge in [0, 0.05) is 13.1 Å². The number of hydrogen-bond acceptors (Lipinski definition) is 3. The molecule has 1 rings (SSSR count). The lowest BCUT2D eigenvalue weighted by Crippen LogP contribution is -2.39. The zero-order chi connectivity index (χ0) is 15.7. The minimum absolute atomic E-state index is 0.0803. The van der Waals surface area contributed by atoms with Crippen molar-refractivity contribution in [3.05, 3.63) is 29.8 Å². The Hall–Kier alpha value is -1.55. The molecular weight excluding hydrogens is 264 g/mol. The summed E-state index contributed by atoms with van der Waals surface area (Å²) in [7, 11) is 0. The molecule has 0 aliphatic rings. The average Bonchev–Trinajstić information content (AvgIpc) is 2.47. The molecule has 0 saturated carbocycles. The van der Waals surface area contributed by atoms with Gasteiger partial charge in [-0.2, -0.15) is 0 Å². The van der Waals surface area contributed by atoms with E-state index in [2.05, 4.69) is 37.5 Å². The fraction of sp³-hybridized carbons (Fsp3) is 0.588. The van der Waals surface area contributed by atoms with Crippen LogP contribution in [0.15, 0.2) is 24.3 Å². The van der Waals surface area contributed by atoms with Crippen LogP contribution in [0.4, 0.5) is 0 Å². The predicted octanol–water partition coefficient (Wildman–Crippen LogP) is 2.69. The molecule has 1 aromatic rings. The lowest BCUT2D eigenvalue weighted by molar-refractivity contribution is -0.127. The molecule has 1 unspecified atom stereocenters. The Labute approximate surface area is 128 Å². The van der Waals surface area contributed by atoms with Crippen LogP contribution in [0, 0.1) is 0 Å². The first-order chi connectivity index (χ1) is 10.0. The van der Waals surface area contributed by atoms with E-state index in [-0.39, 0.29) is 5.91 Å². The van der Waals surface area contributed by atoms with Crippen LogP contribution >= 0.6 is 0 Å². The Morgan fingerprint density at radius 3 is 2.62 bits per heavy atom. The average molecular weight is 292 g/mol. The van der Waals surface area contributed by atoms with Crippen molar-refractivity contribution < 1.29 is 9.53 Å². The maximum absolute atomic E-state index is 11.9. The van der Waals surface area contributed by atoms with Crippen molar-refractivity contribution in [1.29, 1.82) is 0 Å². The SMILES string of the molecule is CCCNCCNC(=O)C(C)Oc1cccc(C(C)C)c1. The highest BCUT2D eigenvalue weighted by atomic mass is 16.5. The molecule has 2 N–H and O–H groups in total. The fourth-order valence-electron chi connectivity index (χ4n) is 1.92. The summed E-state index contributed by atoms with van der Waals surface area (Å²) in [6.45, 7) is 10.6. The molecule has 1 amide bonds. The van der Waals surface area contributed by atoms with Gasteiger partial charge in [-0.15, -0.1) is 0 Å². The Balaban J connectivity index is 2.39. The molecule has 0 radical (unpaired) electrons. The molecule has 0 aliphatic carbocycles. The van der Waals surface area contributed by atoms with Gasteiger partial charge in [0.05, 0.1) is 0 Å². The summed E-state index contributed by atoms with van der Waals surface area (Å²) >= 11 is 0. The largest absolute Gasteiger partial charge is 0.481 e. The molecule has 0 bridgehead atoms. The molecular formula is C17H28N2O2. The second-order valence-electron chi connectivity index (χ2n) is 5.53. The van der Waals surface area contributed by atoms with Crippen molar-refractivity contribution in [2.45, 2.75) is 46.1 Å². The van der Waals surface area contributed by atoms with E-state index < -0.39 is 6.10 Å². The number of benzene rings is 1. The number of ether oxygens (including phenoxy) is 1. The zero-order valence-electron chi connectivity index (χ0n) is 13.6. The van der Waals surface area contributed by atoms with Crippen LogP contribution in [0.2, 0.25) is 0 Å². The Morgan fingerprint density at radius 2 is 1.95 bits per heavy atom. The summed E-state index contributed by atoms with van der Waals surface area (Å²) in [6, 6.07) is 7.92. The summed E-state index contributed by atoms with van der Waals surface area (Å²) in [6.07, 6.45) is 0.609. The summed E-state index contributed by atoms with van der Waals surface area (Å²) in [5.41, 5.74) is 1.21. The fourth-order valence-corrected chi connectivity index (χ4v) is 1.92. The number of rotatable bonds is 9. The Bertz CT molecular complexity index is 433. The molecule has 118 valence electrons. The van der Waals surface area contributed by atoms with Crippen LogP contribution < -0.4 is 15.4 Å². The molecule has 0 heterocycles. The van der Waals surface area contributed by atoms with Crippen LogP contribution in [-0.2, 0) is 4.79 Å². The van der Waals surface area contributed by atoms with Crippen LogP contribution in [0.25, 0.3) is 0 Å². The van der Waals surface area contributed by atoms with E-state index in [9.17, 15) is 4.79 Å². The third kappa shape index (κ3) is 6.63. The van der Waals surface area contributed by atoms with Gasteiger partial charge in [0.15, 0.2) is 6.10 Å². The second kappa shape index (κ2) is 9.40. The van der Waals surface area contributed by atoms with Crippen LogP contribution in [0.1, 0.15) is 45.6 Å². The molecule has 21 heavy (non-hydrogen) atoms. The minimum atomic E-state index is -0.487. The van der Waals surface area contributed by atoms with Gasteiger partial charge in [-0.3, -0.25) is 4.79 Å². The number of hydrogen-bond donors (Lipinski definition) is 2. The third-order valence-electron chi connectivity index (χ3n) is 3.23. The quantitative estimate of drug-likeness (QED) is 0.688. The molecule has 1 aromatic carbocycles. The summed E-state index contributed by atoms with van der Waals surface area (Å²) < 4.78 is 5.71. The van der Waals surface area contributed by atoms with E-state index in [1.165, 1.54) is 5.56 Å². The van der Waals surface area contributed by atoms with Crippen molar-refractivity contribution in [3.63, 3.8) is 0 Å². The van der Waals surface area contributed by atoms with Gasteiger partial charge in [0.2, 0.25) is 0 Å². The van der Waals surface area contributed by atoms with Gasteiger partial charge in [-0.1, -0.05) is 32.9 Å². The third-order valence-corrected chi connectivity index (χ3v) is 3.23. The summed E-state index contributed by atoms with van der Waals surface area (Å²) in [5, 5.41) is 6.12. The smallest absolute Gasteiger partial charge is 0.260 e. The van der Waals surface area contributed by atoms with Crippen molar-refractivity contribution >= 4 is 5.91 Å². The molecule has 1 atom stereocenters. The Morgan fingerprint density at radius 1 is 1.19 bits per heavy atom. The van der Waals surface area contributed by atoms with Crippen molar-refractivity contribution in [2.75, 3.05) is 19.6 Å². The lowest BCUT2D eigenvalue weighted by Gasteiger charge is -2.16. The first-order valence-corrected chi connectivity index (χ1v) is 7.79. The van der Waals surface area contributed by atoms with E-state index in [0.717, 1.165) is 25.3 Å². The monoisotopic (exact) mass is 292 g/mol. The van der Waals surface area contributed by atoms with Gasteiger partial charge in [-0.25, -0.2) is 0 Å². The number of nitrogens with one attached hydrogen (secondary N) is 2. The standard InChI is InChI=1S/C17H28N2O2/c1-5-9-18-10-11-19-17(20)14(4)21-16-8-6-7-15(12-16)13(2)3/h6-8,12-14,18H,5,9-11H2,1-4H3,(H,19,20). The van der Waals surface area contributed by atoms with E-state index in [1.807, 2.05) is 18.2 Å². The summed E-state index contributed by atoms with van der Waals surface area (Å²) in [4.78, 5) is 11.9. The number of amides is 1. The zero-order valence-corrected chi connectivity index (χ0v) is 13.6. The number of carbonyl (C=O) groups is 1. The first-order valence-electron chi connectivity index (χ1n) is 7.79. The molecule has 4 heteroatoms. The predicted molar refractivity (Wildman–Crippen MR) is 86.8 cm³/mol. The molecule has 0 spiro atoms. The van der Waals surface area contributed by atoms with E-state index in [1.54, 1.807) is 6.92 Å². The Kier molecular flexibility index (Phi) is 7.83. The van der Waals surface area contributed by atoms with Crippen molar-refractivity contribution in [3.8, 4) is 5.75 Å². The molecule has 0 aromatic heterocycles. The second-order valence-corrected chi connectivity index (χ2v) is 5.53. The highest BCUT2D eigenvalue weighted by Gasteiger charge is 2.14. The first kappa shape index (κ1) is 17.5.